The van der Waals surface area contributed by atoms with E-state index in [0.717, 1.165) is 26.0 Å². The Kier molecular flexibility index (Phi) is 2.91. The summed E-state index contributed by atoms with van der Waals surface area (Å²) in [6, 6.07) is 0. The molecular weight excluding hydrogens is 150 g/mol. The third-order valence-corrected chi connectivity index (χ3v) is 2.92. The van der Waals surface area contributed by atoms with Crippen molar-refractivity contribution in [3.8, 4) is 0 Å². The van der Waals surface area contributed by atoms with Crippen molar-refractivity contribution in [2.75, 3.05) is 27.3 Å². The van der Waals surface area contributed by atoms with Crippen molar-refractivity contribution in [2.24, 2.45) is 0 Å². The van der Waals surface area contributed by atoms with Gasteiger partial charge in [-0.15, -0.1) is 0 Å². The molecule has 1 atom stereocenters. The smallest absolute Gasteiger partial charge is 0.0649 e. The van der Waals surface area contributed by atoms with Crippen molar-refractivity contribution < 1.29 is 4.74 Å². The first kappa shape index (κ1) is 9.75. The fourth-order valence-electron chi connectivity index (χ4n) is 2.09. The summed E-state index contributed by atoms with van der Waals surface area (Å²) in [6.07, 6.45) is 2.23. The van der Waals surface area contributed by atoms with Gasteiger partial charge >= 0.3 is 0 Å². The normalized spacial score (nSPS) is 31.4. The lowest BCUT2D eigenvalue weighted by Gasteiger charge is -2.34. The predicted octanol–water partition coefficient (Wildman–Crippen LogP) is 1.67. The largest absolute Gasteiger partial charge is 0.383 e. The van der Waals surface area contributed by atoms with Crippen LogP contribution in [0.25, 0.3) is 0 Å². The molecular formula is C10H19NO. The molecule has 1 fully saturated rings. The predicted molar refractivity (Wildman–Crippen MR) is 51.3 cm³/mol. The fraction of sp³-hybridized carbons (Fsp3) is 0.800. The van der Waals surface area contributed by atoms with Crippen LogP contribution in [0.15, 0.2) is 12.2 Å². The lowest BCUT2D eigenvalue weighted by atomic mass is 9.93. The molecule has 0 bridgehead atoms. The summed E-state index contributed by atoms with van der Waals surface area (Å²) in [7, 11) is 3.92. The molecule has 0 unspecified atom stereocenters. The molecule has 1 rings (SSSR count). The highest BCUT2D eigenvalue weighted by atomic mass is 16.5. The molecule has 0 aromatic heterocycles. The van der Waals surface area contributed by atoms with E-state index in [1.807, 2.05) is 0 Å². The van der Waals surface area contributed by atoms with Crippen LogP contribution in [-0.4, -0.2) is 37.7 Å². The van der Waals surface area contributed by atoms with Crippen molar-refractivity contribution in [1.82, 2.24) is 4.90 Å². The highest BCUT2D eigenvalue weighted by molar-refractivity contribution is 5.14. The van der Waals surface area contributed by atoms with Crippen LogP contribution in [0.2, 0.25) is 0 Å². The fourth-order valence-corrected chi connectivity index (χ4v) is 2.09. The molecule has 0 spiro atoms. The standard InChI is InChI=1S/C10H19NO/c1-5-10(8-12-4)6-9(2)7-11(10)3/h2,5-8H2,1,3-4H3/t10-/m0/s1. The average Bonchev–Trinajstić information content (AvgIpc) is 2.28. The Morgan fingerprint density at radius 1 is 1.67 bits per heavy atom. The number of likely N-dealkylation sites (N-methyl/N-ethyl adjacent to an activating group) is 1. The number of rotatable bonds is 3. The van der Waals surface area contributed by atoms with Gasteiger partial charge in [-0.05, 0) is 19.9 Å². The third-order valence-electron chi connectivity index (χ3n) is 2.92. The summed E-state index contributed by atoms with van der Waals surface area (Å²) < 4.78 is 5.26. The summed E-state index contributed by atoms with van der Waals surface area (Å²) >= 11 is 0. The van der Waals surface area contributed by atoms with Gasteiger partial charge in [0.05, 0.1) is 6.61 Å². The van der Waals surface area contributed by atoms with Crippen molar-refractivity contribution in [1.29, 1.82) is 0 Å². The molecule has 0 saturated carbocycles. The topological polar surface area (TPSA) is 12.5 Å². The summed E-state index contributed by atoms with van der Waals surface area (Å²) in [6.45, 7) is 8.09. The first-order valence-corrected chi connectivity index (χ1v) is 4.51. The number of hydrogen-bond donors (Lipinski definition) is 0. The molecule has 0 aliphatic carbocycles. The van der Waals surface area contributed by atoms with Crippen molar-refractivity contribution in [3.05, 3.63) is 12.2 Å². The van der Waals surface area contributed by atoms with Crippen LogP contribution in [0.1, 0.15) is 19.8 Å². The zero-order valence-corrected chi connectivity index (χ0v) is 8.39. The second-order valence-electron chi connectivity index (χ2n) is 3.79. The first-order valence-electron chi connectivity index (χ1n) is 4.51. The summed E-state index contributed by atoms with van der Waals surface area (Å²) in [4.78, 5) is 2.36. The molecule has 2 nitrogen and oxygen atoms in total. The zero-order valence-electron chi connectivity index (χ0n) is 8.39. The first-order chi connectivity index (χ1) is 5.64. The van der Waals surface area contributed by atoms with Crippen LogP contribution in [0.3, 0.4) is 0 Å². The lowest BCUT2D eigenvalue weighted by molar-refractivity contribution is 0.0502. The van der Waals surface area contributed by atoms with E-state index in [2.05, 4.69) is 25.5 Å². The second kappa shape index (κ2) is 3.58. The van der Waals surface area contributed by atoms with Gasteiger partial charge in [0.25, 0.3) is 0 Å². The van der Waals surface area contributed by atoms with Crippen LogP contribution in [-0.2, 0) is 4.74 Å². The highest BCUT2D eigenvalue weighted by Crippen LogP contribution is 2.33. The SMILES string of the molecule is C=C1CN(C)[C@](CC)(COC)C1. The molecule has 0 aromatic carbocycles. The molecule has 0 amide bonds. The molecule has 1 aliphatic rings. The number of hydrogen-bond acceptors (Lipinski definition) is 2. The number of nitrogens with zero attached hydrogens (tertiary/aromatic N) is 1. The van der Waals surface area contributed by atoms with E-state index in [4.69, 9.17) is 4.74 Å². The summed E-state index contributed by atoms with van der Waals surface area (Å²) in [5.41, 5.74) is 1.56. The van der Waals surface area contributed by atoms with Crippen LogP contribution >= 0.6 is 0 Å². The van der Waals surface area contributed by atoms with E-state index in [0.29, 0.717) is 0 Å². The quantitative estimate of drug-likeness (QED) is 0.596. The Bertz CT molecular complexity index is 179. The Labute approximate surface area is 75.2 Å². The second-order valence-corrected chi connectivity index (χ2v) is 3.79. The van der Waals surface area contributed by atoms with Crippen LogP contribution in [0, 0.1) is 0 Å². The molecule has 1 heterocycles. The Morgan fingerprint density at radius 2 is 2.33 bits per heavy atom. The van der Waals surface area contributed by atoms with E-state index in [9.17, 15) is 0 Å². The summed E-state index contributed by atoms with van der Waals surface area (Å²) in [5.74, 6) is 0. The van der Waals surface area contributed by atoms with Gasteiger partial charge in [0, 0.05) is 19.2 Å². The maximum absolute atomic E-state index is 5.26. The van der Waals surface area contributed by atoms with Gasteiger partial charge in [-0.25, -0.2) is 0 Å². The molecule has 70 valence electrons. The summed E-state index contributed by atoms with van der Waals surface area (Å²) in [5, 5.41) is 0. The van der Waals surface area contributed by atoms with Crippen LogP contribution in [0.5, 0.6) is 0 Å². The van der Waals surface area contributed by atoms with Gasteiger partial charge in [-0.3, -0.25) is 4.90 Å². The zero-order chi connectivity index (χ0) is 9.19. The molecule has 1 aliphatic heterocycles. The molecule has 0 N–H and O–H groups in total. The number of ether oxygens (including phenoxy) is 1. The molecule has 2 heteroatoms. The Morgan fingerprint density at radius 3 is 2.67 bits per heavy atom. The maximum Gasteiger partial charge on any atom is 0.0649 e. The van der Waals surface area contributed by atoms with Gasteiger partial charge in [0.2, 0.25) is 0 Å². The van der Waals surface area contributed by atoms with Gasteiger partial charge in [-0.1, -0.05) is 19.1 Å². The van der Waals surface area contributed by atoms with Gasteiger partial charge in [0.1, 0.15) is 0 Å². The Hall–Kier alpha value is -0.340. The van der Waals surface area contributed by atoms with Crippen molar-refractivity contribution in [2.45, 2.75) is 25.3 Å². The minimum atomic E-state index is 0.228. The molecule has 0 radical (unpaired) electrons. The van der Waals surface area contributed by atoms with Crippen molar-refractivity contribution in [3.63, 3.8) is 0 Å². The van der Waals surface area contributed by atoms with E-state index in [-0.39, 0.29) is 5.54 Å². The van der Waals surface area contributed by atoms with E-state index >= 15 is 0 Å². The lowest BCUT2D eigenvalue weighted by Crippen LogP contribution is -2.44. The van der Waals surface area contributed by atoms with Gasteiger partial charge < -0.3 is 4.74 Å². The van der Waals surface area contributed by atoms with Crippen LogP contribution in [0.4, 0.5) is 0 Å². The van der Waals surface area contributed by atoms with E-state index < -0.39 is 0 Å². The third kappa shape index (κ3) is 1.54. The maximum atomic E-state index is 5.26. The Balaban J connectivity index is 2.71. The average molecular weight is 169 g/mol. The minimum Gasteiger partial charge on any atom is -0.383 e. The minimum absolute atomic E-state index is 0.228. The number of methoxy groups -OCH3 is 1. The highest BCUT2D eigenvalue weighted by Gasteiger charge is 2.38. The van der Waals surface area contributed by atoms with E-state index in [1.165, 1.54) is 5.57 Å². The van der Waals surface area contributed by atoms with Gasteiger partial charge in [-0.2, -0.15) is 0 Å². The molecule has 12 heavy (non-hydrogen) atoms. The van der Waals surface area contributed by atoms with Crippen molar-refractivity contribution >= 4 is 0 Å². The monoisotopic (exact) mass is 169 g/mol. The van der Waals surface area contributed by atoms with E-state index in [1.54, 1.807) is 7.11 Å². The number of likely N-dealkylation sites (tertiary alicyclic amines) is 1. The van der Waals surface area contributed by atoms with Crippen LogP contribution < -0.4 is 0 Å². The molecule has 1 saturated heterocycles. The van der Waals surface area contributed by atoms with Gasteiger partial charge in [0.15, 0.2) is 0 Å². The molecule has 0 aromatic rings.